The number of thiocarbonyl (C=S) groups is 1. The molecule has 1 aliphatic rings. The summed E-state index contributed by atoms with van der Waals surface area (Å²) < 4.78 is 0.853. The van der Waals surface area contributed by atoms with E-state index in [2.05, 4.69) is 17.3 Å². The molecule has 0 saturated heterocycles. The number of anilines is 1. The normalized spacial score (nSPS) is 21.1. The van der Waals surface area contributed by atoms with E-state index in [9.17, 15) is 0 Å². The zero-order chi connectivity index (χ0) is 7.84. The summed E-state index contributed by atoms with van der Waals surface area (Å²) in [6.45, 7) is 0. The molecule has 0 aliphatic carbocycles. The predicted octanol–water partition coefficient (Wildman–Crippen LogP) is 2.46. The summed E-state index contributed by atoms with van der Waals surface area (Å²) in [4.78, 5) is 1.23. The van der Waals surface area contributed by atoms with Gasteiger partial charge in [-0.1, -0.05) is 30.2 Å². The summed E-state index contributed by atoms with van der Waals surface area (Å²) in [5, 5.41) is 3.13. The molecule has 2 rings (SSSR count). The highest BCUT2D eigenvalue weighted by Crippen LogP contribution is 2.39. The maximum absolute atomic E-state index is 5.09. The quantitative estimate of drug-likeness (QED) is 0.487. The van der Waals surface area contributed by atoms with Crippen molar-refractivity contribution in [3.63, 3.8) is 0 Å². The molecule has 1 N–H and O–H groups in total. The number of hydrogen-bond acceptors (Lipinski definition) is 1. The molecule has 0 aromatic heterocycles. The molecule has 1 nitrogen and oxygen atoms in total. The predicted molar refractivity (Wildman–Crippen MR) is 55.6 cm³/mol. The molecule has 56 valence electrons. The van der Waals surface area contributed by atoms with Gasteiger partial charge in [0.2, 0.25) is 0 Å². The summed E-state index contributed by atoms with van der Waals surface area (Å²) in [5.41, 5.74) is 1.12. The topological polar surface area (TPSA) is 12.0 Å². The average molecular weight is 181 g/mol. The first-order valence-corrected chi connectivity index (χ1v) is 5.03. The Morgan fingerprint density at radius 3 is 2.82 bits per heavy atom. The van der Waals surface area contributed by atoms with Crippen molar-refractivity contribution in [2.45, 2.75) is 4.90 Å². The van der Waals surface area contributed by atoms with Gasteiger partial charge in [-0.05, 0) is 12.1 Å². The van der Waals surface area contributed by atoms with Gasteiger partial charge in [-0.15, -0.1) is 10.5 Å². The molecule has 1 aromatic rings. The minimum atomic E-state index is -0.122. The van der Waals surface area contributed by atoms with Crippen molar-refractivity contribution in [1.82, 2.24) is 0 Å². The molecule has 1 aromatic carbocycles. The minimum Gasteiger partial charge on any atom is -0.340 e. The van der Waals surface area contributed by atoms with E-state index in [1.165, 1.54) is 4.90 Å². The van der Waals surface area contributed by atoms with Gasteiger partial charge in [-0.3, -0.25) is 0 Å². The molecule has 0 spiro atoms. The van der Waals surface area contributed by atoms with E-state index in [1.54, 1.807) is 0 Å². The first-order valence-electron chi connectivity index (χ1n) is 3.23. The summed E-state index contributed by atoms with van der Waals surface area (Å²) in [6, 6.07) is 8.11. The van der Waals surface area contributed by atoms with E-state index in [1.807, 2.05) is 18.2 Å². The molecule has 0 fully saturated rings. The Kier molecular flexibility index (Phi) is 1.55. The Bertz CT molecular complexity index is 344. The second-order valence-electron chi connectivity index (χ2n) is 2.30. The third kappa shape index (κ3) is 1.01. The number of benzene rings is 1. The second kappa shape index (κ2) is 2.43. The number of hydrogen-bond donors (Lipinski definition) is 1. The Labute approximate surface area is 73.4 Å². The van der Waals surface area contributed by atoms with Crippen LogP contribution < -0.4 is 5.32 Å². The lowest BCUT2D eigenvalue weighted by Crippen LogP contribution is -1.96. The van der Waals surface area contributed by atoms with Crippen molar-refractivity contribution in [3.8, 4) is 0 Å². The zero-order valence-electron chi connectivity index (χ0n) is 5.83. The van der Waals surface area contributed by atoms with Crippen molar-refractivity contribution in [1.29, 1.82) is 0 Å². The van der Waals surface area contributed by atoms with E-state index < -0.39 is 0 Å². The fourth-order valence-corrected chi connectivity index (χ4v) is 2.50. The minimum absolute atomic E-state index is 0.122. The summed E-state index contributed by atoms with van der Waals surface area (Å²) in [7, 11) is -0.122. The van der Waals surface area contributed by atoms with Crippen LogP contribution in [0.15, 0.2) is 29.2 Å². The Morgan fingerprint density at radius 1 is 1.36 bits per heavy atom. The van der Waals surface area contributed by atoms with Gasteiger partial charge in [0, 0.05) is 4.90 Å². The van der Waals surface area contributed by atoms with Crippen molar-refractivity contribution < 1.29 is 0 Å². The SMILES string of the molecule is C=S1C(=S)Nc2ccccc21. The lowest BCUT2D eigenvalue weighted by atomic mass is 10.3. The van der Waals surface area contributed by atoms with Gasteiger partial charge in [-0.2, -0.15) is 0 Å². The van der Waals surface area contributed by atoms with E-state index in [-0.39, 0.29) is 10.5 Å². The van der Waals surface area contributed by atoms with E-state index in [0.717, 1.165) is 10.0 Å². The fourth-order valence-electron chi connectivity index (χ4n) is 1.06. The van der Waals surface area contributed by atoms with Gasteiger partial charge >= 0.3 is 0 Å². The van der Waals surface area contributed by atoms with Gasteiger partial charge < -0.3 is 5.32 Å². The van der Waals surface area contributed by atoms with Gasteiger partial charge in [0.1, 0.15) is 4.32 Å². The highest BCUT2D eigenvalue weighted by molar-refractivity contribution is 8.34. The summed E-state index contributed by atoms with van der Waals surface area (Å²) in [5.74, 6) is 3.98. The Balaban J connectivity index is 2.64. The molecule has 1 heterocycles. The lowest BCUT2D eigenvalue weighted by molar-refractivity contribution is 1.48. The largest absolute Gasteiger partial charge is 0.340 e. The molecule has 3 heteroatoms. The van der Waals surface area contributed by atoms with Gasteiger partial charge in [-0.25, -0.2) is 0 Å². The van der Waals surface area contributed by atoms with Gasteiger partial charge in [0.05, 0.1) is 5.69 Å². The van der Waals surface area contributed by atoms with Crippen LogP contribution in [0.4, 0.5) is 5.69 Å². The lowest BCUT2D eigenvalue weighted by Gasteiger charge is -1.94. The first kappa shape index (κ1) is 7.00. The Hall–Kier alpha value is -0.670. The van der Waals surface area contributed by atoms with Crippen LogP contribution in [0.2, 0.25) is 0 Å². The third-order valence-corrected chi connectivity index (χ3v) is 3.76. The van der Waals surface area contributed by atoms with Gasteiger partial charge in [0.25, 0.3) is 0 Å². The fraction of sp³-hybridized carbons (Fsp3) is 0. The summed E-state index contributed by atoms with van der Waals surface area (Å²) >= 11 is 5.09. The van der Waals surface area contributed by atoms with Crippen LogP contribution in [0.1, 0.15) is 0 Å². The number of nitrogens with one attached hydrogen (secondary N) is 1. The maximum Gasteiger partial charge on any atom is 0.136 e. The molecule has 1 atom stereocenters. The van der Waals surface area contributed by atoms with Crippen LogP contribution in [0, 0.1) is 0 Å². The van der Waals surface area contributed by atoms with Crippen molar-refractivity contribution in [3.05, 3.63) is 24.3 Å². The highest BCUT2D eigenvalue weighted by atomic mass is 32.2. The molecular weight excluding hydrogens is 174 g/mol. The van der Waals surface area contributed by atoms with Crippen LogP contribution in [0.25, 0.3) is 0 Å². The molecule has 0 amide bonds. The van der Waals surface area contributed by atoms with Crippen molar-refractivity contribution in [2.24, 2.45) is 0 Å². The molecule has 1 unspecified atom stereocenters. The zero-order valence-corrected chi connectivity index (χ0v) is 7.47. The first-order chi connectivity index (χ1) is 5.29. The van der Waals surface area contributed by atoms with Crippen LogP contribution in [-0.4, -0.2) is 10.2 Å². The second-order valence-corrected chi connectivity index (χ2v) is 4.60. The molecule has 11 heavy (non-hydrogen) atoms. The van der Waals surface area contributed by atoms with Crippen LogP contribution in [0.3, 0.4) is 0 Å². The van der Waals surface area contributed by atoms with E-state index in [0.29, 0.717) is 0 Å². The molecule has 0 radical (unpaired) electrons. The molecule has 1 aliphatic heterocycles. The van der Waals surface area contributed by atoms with Crippen LogP contribution in [0.5, 0.6) is 0 Å². The average Bonchev–Trinajstić information content (AvgIpc) is 2.30. The van der Waals surface area contributed by atoms with Gasteiger partial charge in [0.15, 0.2) is 0 Å². The molecule has 0 saturated carbocycles. The molecule has 0 bridgehead atoms. The summed E-state index contributed by atoms with van der Waals surface area (Å²) in [6.07, 6.45) is 0. The Morgan fingerprint density at radius 2 is 2.09 bits per heavy atom. The standard InChI is InChI=1S/C8H7NS2/c1-11-7-5-3-2-4-6(7)9-8(11)10/h2-5H,1H2,(H,9,10). The maximum atomic E-state index is 5.09. The smallest absolute Gasteiger partial charge is 0.136 e. The monoisotopic (exact) mass is 181 g/mol. The number of fused-ring (bicyclic) bond motifs is 1. The third-order valence-electron chi connectivity index (χ3n) is 1.61. The van der Waals surface area contributed by atoms with Crippen molar-refractivity contribution >= 4 is 38.6 Å². The van der Waals surface area contributed by atoms with Crippen molar-refractivity contribution in [2.75, 3.05) is 5.32 Å². The van der Waals surface area contributed by atoms with E-state index in [4.69, 9.17) is 12.2 Å². The van der Waals surface area contributed by atoms with Crippen LogP contribution >= 0.6 is 22.7 Å². The van der Waals surface area contributed by atoms with Crippen LogP contribution in [-0.2, 0) is 0 Å². The van der Waals surface area contributed by atoms with E-state index >= 15 is 0 Å². The number of rotatable bonds is 0. The molecular formula is C8H7NS2. The highest BCUT2D eigenvalue weighted by Gasteiger charge is 2.15. The number of para-hydroxylation sites is 1.